The van der Waals surface area contributed by atoms with Crippen molar-refractivity contribution in [1.82, 2.24) is 0 Å². The summed E-state index contributed by atoms with van der Waals surface area (Å²) in [6.07, 6.45) is 0. The number of primary sulfonamides is 1. The summed E-state index contributed by atoms with van der Waals surface area (Å²) in [6.45, 7) is 4.01. The first kappa shape index (κ1) is 19.7. The Morgan fingerprint density at radius 1 is 1.19 bits per heavy atom. The molecule has 2 aromatic carbocycles. The molecule has 6 nitrogen and oxygen atoms in total. The van der Waals surface area contributed by atoms with Crippen LogP contribution in [0.25, 0.3) is 0 Å². The smallest absolute Gasteiger partial charge is 0.238 e. The van der Waals surface area contributed by atoms with Crippen LogP contribution < -0.4 is 15.2 Å². The van der Waals surface area contributed by atoms with Gasteiger partial charge in [0, 0.05) is 10.9 Å². The highest BCUT2D eigenvalue weighted by Crippen LogP contribution is 2.64. The molecule has 2 aromatic rings. The van der Waals surface area contributed by atoms with E-state index in [1.54, 1.807) is 30.3 Å². The van der Waals surface area contributed by atoms with Crippen LogP contribution in [0.2, 0.25) is 5.02 Å². The van der Waals surface area contributed by atoms with E-state index in [4.69, 9.17) is 21.5 Å². The van der Waals surface area contributed by atoms with Crippen molar-refractivity contribution < 1.29 is 17.9 Å². The fourth-order valence-electron chi connectivity index (χ4n) is 3.60. The summed E-state index contributed by atoms with van der Waals surface area (Å²) in [5, 5.41) is 8.53. The molecule has 3 N–H and O–H groups in total. The van der Waals surface area contributed by atoms with Gasteiger partial charge < -0.3 is 10.1 Å². The van der Waals surface area contributed by atoms with Crippen molar-refractivity contribution in [1.29, 1.82) is 0 Å². The summed E-state index contributed by atoms with van der Waals surface area (Å²) >= 11 is 6.02. The number of carbonyl (C=O) groups excluding carboxylic acids is 1. The first-order valence-electron chi connectivity index (χ1n) is 8.33. The number of nitrogens with one attached hydrogen (secondary N) is 1. The summed E-state index contributed by atoms with van der Waals surface area (Å²) in [5.74, 6) is 0.0973. The largest absolute Gasteiger partial charge is 0.495 e. The number of hydrogen-bond acceptors (Lipinski definition) is 4. The summed E-state index contributed by atoms with van der Waals surface area (Å²) in [6, 6.07) is 11.4. The normalized spacial score (nSPS) is 20.8. The van der Waals surface area contributed by atoms with Crippen LogP contribution in [0.3, 0.4) is 0 Å². The Morgan fingerprint density at radius 3 is 2.37 bits per heavy atom. The fraction of sp³-hybridized carbons (Fsp3) is 0.316. The molecule has 144 valence electrons. The zero-order chi connectivity index (χ0) is 20.0. The second-order valence-corrected chi connectivity index (χ2v) is 9.22. The second kappa shape index (κ2) is 6.82. The maximum absolute atomic E-state index is 12.9. The number of benzene rings is 2. The third-order valence-electron chi connectivity index (χ3n) is 5.10. The van der Waals surface area contributed by atoms with Crippen molar-refractivity contribution in [3.8, 4) is 5.75 Å². The molecule has 2 atom stereocenters. The number of rotatable bonds is 5. The molecule has 1 amide bonds. The number of ether oxygens (including phenoxy) is 1. The number of halogens is 1. The van der Waals surface area contributed by atoms with Crippen LogP contribution in [0.15, 0.2) is 47.4 Å². The topological polar surface area (TPSA) is 98.5 Å². The van der Waals surface area contributed by atoms with Crippen LogP contribution in [0.4, 0.5) is 5.69 Å². The van der Waals surface area contributed by atoms with Crippen LogP contribution in [0, 0.1) is 11.3 Å². The number of sulfonamides is 1. The number of hydrogen-bond donors (Lipinski definition) is 2. The Kier molecular flexibility index (Phi) is 4.96. The van der Waals surface area contributed by atoms with E-state index in [2.05, 4.69) is 5.32 Å². The van der Waals surface area contributed by atoms with Gasteiger partial charge in [-0.15, -0.1) is 0 Å². The molecule has 27 heavy (non-hydrogen) atoms. The van der Waals surface area contributed by atoms with Gasteiger partial charge in [0.25, 0.3) is 0 Å². The molecule has 3 rings (SSSR count). The van der Waals surface area contributed by atoms with Crippen LogP contribution in [0.5, 0.6) is 5.75 Å². The van der Waals surface area contributed by atoms with Gasteiger partial charge in [-0.05, 0) is 41.3 Å². The van der Waals surface area contributed by atoms with Crippen molar-refractivity contribution in [2.45, 2.75) is 24.7 Å². The molecule has 0 saturated heterocycles. The van der Waals surface area contributed by atoms with E-state index in [0.717, 1.165) is 5.56 Å². The molecule has 1 aliphatic rings. The standard InChI is InChI=1S/C19H21ClN2O4S/c1-19(2)16(11-4-7-13(8-5-11)27(21,24)25)17(19)18(23)22-14-10-12(20)6-9-15(14)26-3/h4-10,16-17H,1-3H3,(H,22,23)(H2,21,24,25). The molecule has 0 heterocycles. The highest BCUT2D eigenvalue weighted by molar-refractivity contribution is 7.89. The van der Waals surface area contributed by atoms with Gasteiger partial charge >= 0.3 is 0 Å². The van der Waals surface area contributed by atoms with E-state index in [1.807, 2.05) is 13.8 Å². The lowest BCUT2D eigenvalue weighted by atomic mass is 10.0. The zero-order valence-electron chi connectivity index (χ0n) is 15.2. The van der Waals surface area contributed by atoms with Crippen molar-refractivity contribution in [3.05, 3.63) is 53.1 Å². The quantitative estimate of drug-likeness (QED) is 0.792. The Hall–Kier alpha value is -2.09. The summed E-state index contributed by atoms with van der Waals surface area (Å²) in [5.41, 5.74) is 1.14. The lowest BCUT2D eigenvalue weighted by Gasteiger charge is -2.11. The van der Waals surface area contributed by atoms with Gasteiger partial charge in [0.15, 0.2) is 0 Å². The van der Waals surface area contributed by atoms with Crippen molar-refractivity contribution >= 4 is 33.2 Å². The highest BCUT2D eigenvalue weighted by Gasteiger charge is 2.62. The Balaban J connectivity index is 1.81. The van der Waals surface area contributed by atoms with Crippen molar-refractivity contribution in [2.75, 3.05) is 12.4 Å². The number of carbonyl (C=O) groups is 1. The number of nitrogens with two attached hydrogens (primary N) is 1. The first-order valence-corrected chi connectivity index (χ1v) is 10.3. The molecule has 0 spiro atoms. The van der Waals surface area contributed by atoms with Crippen LogP contribution in [-0.2, 0) is 14.8 Å². The Labute approximate surface area is 163 Å². The molecular formula is C19H21ClN2O4S. The van der Waals surface area contributed by atoms with Gasteiger partial charge in [-0.25, -0.2) is 13.6 Å². The third kappa shape index (κ3) is 3.81. The molecule has 2 unspecified atom stereocenters. The Bertz CT molecular complexity index is 987. The average Bonchev–Trinajstić information content (AvgIpc) is 3.17. The number of anilines is 1. The van der Waals surface area contributed by atoms with E-state index >= 15 is 0 Å². The van der Waals surface area contributed by atoms with Gasteiger partial charge in [-0.3, -0.25) is 4.79 Å². The number of amides is 1. The maximum Gasteiger partial charge on any atom is 0.238 e. The summed E-state index contributed by atoms with van der Waals surface area (Å²) in [7, 11) is -2.22. The molecule has 0 aliphatic heterocycles. The molecule has 8 heteroatoms. The van der Waals surface area contributed by atoms with Crippen molar-refractivity contribution in [3.63, 3.8) is 0 Å². The molecule has 0 bridgehead atoms. The van der Waals surface area contributed by atoms with Crippen molar-refractivity contribution in [2.24, 2.45) is 16.5 Å². The summed E-state index contributed by atoms with van der Waals surface area (Å²) in [4.78, 5) is 12.9. The molecular weight excluding hydrogens is 388 g/mol. The minimum atomic E-state index is -3.74. The first-order chi connectivity index (χ1) is 12.6. The second-order valence-electron chi connectivity index (χ2n) is 7.22. The molecule has 1 fully saturated rings. The Morgan fingerprint density at radius 2 is 1.81 bits per heavy atom. The monoisotopic (exact) mass is 408 g/mol. The maximum atomic E-state index is 12.9. The molecule has 1 aliphatic carbocycles. The van der Waals surface area contributed by atoms with Crippen LogP contribution >= 0.6 is 11.6 Å². The predicted molar refractivity (Wildman–Crippen MR) is 104 cm³/mol. The van der Waals surface area contributed by atoms with E-state index < -0.39 is 10.0 Å². The number of methoxy groups -OCH3 is 1. The summed E-state index contributed by atoms with van der Waals surface area (Å²) < 4.78 is 28.1. The molecule has 1 saturated carbocycles. The lowest BCUT2D eigenvalue weighted by Crippen LogP contribution is -2.17. The predicted octanol–water partition coefficient (Wildman–Crippen LogP) is 3.37. The molecule has 0 aromatic heterocycles. The van der Waals surface area contributed by atoms with E-state index in [-0.39, 0.29) is 28.1 Å². The van der Waals surface area contributed by atoms with Gasteiger partial charge in [-0.2, -0.15) is 0 Å². The van der Waals surface area contributed by atoms with Crippen LogP contribution in [-0.4, -0.2) is 21.4 Å². The minimum absolute atomic E-state index is 0.0304. The van der Waals surface area contributed by atoms with Gasteiger partial charge in [0.05, 0.1) is 23.6 Å². The zero-order valence-corrected chi connectivity index (χ0v) is 16.8. The van der Waals surface area contributed by atoms with E-state index in [1.165, 1.54) is 19.2 Å². The molecule has 0 radical (unpaired) electrons. The highest BCUT2D eigenvalue weighted by atomic mass is 35.5. The fourth-order valence-corrected chi connectivity index (χ4v) is 4.29. The van der Waals surface area contributed by atoms with Crippen LogP contribution in [0.1, 0.15) is 25.3 Å². The lowest BCUT2D eigenvalue weighted by molar-refractivity contribution is -0.118. The minimum Gasteiger partial charge on any atom is -0.495 e. The van der Waals surface area contributed by atoms with Gasteiger partial charge in [-0.1, -0.05) is 37.6 Å². The third-order valence-corrected chi connectivity index (χ3v) is 6.26. The van der Waals surface area contributed by atoms with E-state index in [0.29, 0.717) is 16.5 Å². The van der Waals surface area contributed by atoms with Gasteiger partial charge in [0.2, 0.25) is 15.9 Å². The van der Waals surface area contributed by atoms with E-state index in [9.17, 15) is 13.2 Å². The SMILES string of the molecule is COc1ccc(Cl)cc1NC(=O)C1C(c2ccc(S(N)(=O)=O)cc2)C1(C)C. The average molecular weight is 409 g/mol. The van der Waals surface area contributed by atoms with Gasteiger partial charge in [0.1, 0.15) is 5.75 Å².